The van der Waals surface area contributed by atoms with E-state index < -0.39 is 10.0 Å². The van der Waals surface area contributed by atoms with E-state index >= 15 is 0 Å². The van der Waals surface area contributed by atoms with Crippen LogP contribution in [0.4, 0.5) is 0 Å². The van der Waals surface area contributed by atoms with E-state index in [1.807, 2.05) is 13.0 Å². The number of carbonyl (C=O) groups is 1. The molecule has 0 unspecified atom stereocenters. The van der Waals surface area contributed by atoms with Crippen LogP contribution in [-0.4, -0.2) is 44.4 Å². The minimum atomic E-state index is -3.83. The number of amides is 1. The quantitative estimate of drug-likeness (QED) is 0.789. The Kier molecular flexibility index (Phi) is 5.87. The second-order valence-electron chi connectivity index (χ2n) is 7.34. The molecule has 7 heteroatoms. The molecule has 0 aromatic heterocycles. The molecule has 1 aromatic carbocycles. The highest BCUT2D eigenvalue weighted by atomic mass is 32.2. The van der Waals surface area contributed by atoms with Gasteiger partial charge < -0.3 is 10.1 Å². The van der Waals surface area contributed by atoms with Gasteiger partial charge >= 0.3 is 0 Å². The molecule has 3 rings (SSSR count). The first kappa shape index (κ1) is 19.2. The van der Waals surface area contributed by atoms with E-state index in [1.165, 1.54) is 11.4 Å². The van der Waals surface area contributed by atoms with Crippen LogP contribution < -0.4 is 10.1 Å². The van der Waals surface area contributed by atoms with Crippen molar-refractivity contribution >= 4 is 15.9 Å². The first-order chi connectivity index (χ1) is 12.4. The molecule has 0 bridgehead atoms. The number of hydrogen-bond acceptors (Lipinski definition) is 4. The molecule has 0 atom stereocenters. The smallest absolute Gasteiger partial charge is 0.247 e. The van der Waals surface area contributed by atoms with E-state index in [9.17, 15) is 13.2 Å². The molecular formula is C19H28N2O4S. The lowest BCUT2D eigenvalue weighted by atomic mass is 9.95. The van der Waals surface area contributed by atoms with Crippen LogP contribution in [0.1, 0.15) is 50.5 Å². The van der Waals surface area contributed by atoms with Crippen molar-refractivity contribution in [1.29, 1.82) is 0 Å². The van der Waals surface area contributed by atoms with Gasteiger partial charge in [0.15, 0.2) is 0 Å². The minimum Gasteiger partial charge on any atom is -0.495 e. The summed E-state index contributed by atoms with van der Waals surface area (Å²) in [6.45, 7) is 1.73. The molecule has 144 valence electrons. The van der Waals surface area contributed by atoms with E-state index in [1.54, 1.807) is 12.1 Å². The first-order valence-electron chi connectivity index (χ1n) is 9.37. The molecule has 1 N–H and O–H groups in total. The molecule has 1 aromatic rings. The highest BCUT2D eigenvalue weighted by Crippen LogP contribution is 2.32. The summed E-state index contributed by atoms with van der Waals surface area (Å²) in [5.41, 5.74) is 0.843. The Hall–Kier alpha value is -1.60. The number of aryl methyl sites for hydroxylation is 1. The van der Waals surface area contributed by atoms with Crippen LogP contribution in [-0.2, 0) is 14.8 Å². The molecule has 0 saturated heterocycles. The summed E-state index contributed by atoms with van der Waals surface area (Å²) < 4.78 is 33.6. The van der Waals surface area contributed by atoms with Crippen LogP contribution >= 0.6 is 0 Å². The van der Waals surface area contributed by atoms with Crippen molar-refractivity contribution in [3.63, 3.8) is 0 Å². The third-order valence-corrected chi connectivity index (χ3v) is 7.05. The summed E-state index contributed by atoms with van der Waals surface area (Å²) in [4.78, 5) is 12.5. The maximum atomic E-state index is 13.5. The monoisotopic (exact) mass is 380 g/mol. The van der Waals surface area contributed by atoms with Gasteiger partial charge in [0, 0.05) is 12.1 Å². The van der Waals surface area contributed by atoms with Crippen molar-refractivity contribution in [2.45, 2.75) is 68.8 Å². The van der Waals surface area contributed by atoms with Crippen molar-refractivity contribution in [3.8, 4) is 5.75 Å². The SMILES string of the molecule is COc1ccc(C)cc1S(=O)(=O)N(CC(=O)NC1CC1)C1CCCCC1. The van der Waals surface area contributed by atoms with Gasteiger partial charge in [-0.2, -0.15) is 4.31 Å². The van der Waals surface area contributed by atoms with Crippen LogP contribution in [0.25, 0.3) is 0 Å². The fourth-order valence-corrected chi connectivity index (χ4v) is 5.42. The van der Waals surface area contributed by atoms with Gasteiger partial charge in [0.25, 0.3) is 0 Å². The molecule has 2 saturated carbocycles. The first-order valence-corrected chi connectivity index (χ1v) is 10.8. The number of carbonyl (C=O) groups excluding carboxylic acids is 1. The number of ether oxygens (including phenoxy) is 1. The van der Waals surface area contributed by atoms with Crippen molar-refractivity contribution < 1.29 is 17.9 Å². The molecule has 2 aliphatic carbocycles. The molecule has 2 fully saturated rings. The Morgan fingerprint density at radius 2 is 1.88 bits per heavy atom. The Morgan fingerprint density at radius 3 is 2.50 bits per heavy atom. The van der Waals surface area contributed by atoms with Crippen molar-refractivity contribution in [2.24, 2.45) is 0 Å². The van der Waals surface area contributed by atoms with Gasteiger partial charge in [-0.1, -0.05) is 25.3 Å². The maximum absolute atomic E-state index is 13.5. The average molecular weight is 381 g/mol. The third kappa shape index (κ3) is 4.38. The highest BCUT2D eigenvalue weighted by Gasteiger charge is 2.36. The summed E-state index contributed by atoms with van der Waals surface area (Å²) in [5, 5.41) is 2.91. The Bertz CT molecular complexity index is 753. The van der Waals surface area contributed by atoms with Crippen molar-refractivity contribution in [1.82, 2.24) is 9.62 Å². The van der Waals surface area contributed by atoms with E-state index in [0.29, 0.717) is 5.75 Å². The van der Waals surface area contributed by atoms with Crippen LogP contribution in [0.5, 0.6) is 5.75 Å². The molecule has 1 amide bonds. The average Bonchev–Trinajstić information content (AvgIpc) is 3.44. The standard InChI is InChI=1S/C19H28N2O4S/c1-14-8-11-17(25-2)18(12-14)26(23,24)21(16-6-4-3-5-7-16)13-19(22)20-15-9-10-15/h8,11-12,15-16H,3-7,9-10,13H2,1-2H3,(H,20,22). The predicted molar refractivity (Wildman–Crippen MR) is 99.7 cm³/mol. The van der Waals surface area contributed by atoms with Gasteiger partial charge in [0.05, 0.1) is 13.7 Å². The van der Waals surface area contributed by atoms with E-state index in [-0.39, 0.29) is 29.4 Å². The Labute approximate surface area is 156 Å². The minimum absolute atomic E-state index is 0.124. The van der Waals surface area contributed by atoms with Gasteiger partial charge in [-0.05, 0) is 50.3 Å². The topological polar surface area (TPSA) is 75.7 Å². The van der Waals surface area contributed by atoms with E-state index in [2.05, 4.69) is 5.32 Å². The number of nitrogens with zero attached hydrogens (tertiary/aromatic N) is 1. The summed E-state index contributed by atoms with van der Waals surface area (Å²) in [7, 11) is -2.36. The number of rotatable bonds is 7. The zero-order valence-electron chi connectivity index (χ0n) is 15.5. The molecule has 0 radical (unpaired) electrons. The maximum Gasteiger partial charge on any atom is 0.247 e. The zero-order valence-corrected chi connectivity index (χ0v) is 16.3. The number of methoxy groups -OCH3 is 1. The van der Waals surface area contributed by atoms with Crippen molar-refractivity contribution in [2.75, 3.05) is 13.7 Å². The molecule has 0 aliphatic heterocycles. The van der Waals surface area contributed by atoms with Gasteiger partial charge in [-0.15, -0.1) is 0 Å². The normalized spacial score (nSPS) is 18.7. The Balaban J connectivity index is 1.92. The number of nitrogens with one attached hydrogen (secondary N) is 1. The van der Waals surface area contributed by atoms with Gasteiger partial charge in [0.1, 0.15) is 10.6 Å². The summed E-state index contributed by atoms with van der Waals surface area (Å²) >= 11 is 0. The second-order valence-corrected chi connectivity index (χ2v) is 9.20. The molecule has 2 aliphatic rings. The summed E-state index contributed by atoms with van der Waals surface area (Å²) in [6, 6.07) is 5.20. The lowest BCUT2D eigenvalue weighted by Gasteiger charge is -2.33. The molecular weight excluding hydrogens is 352 g/mol. The van der Waals surface area contributed by atoms with E-state index in [4.69, 9.17) is 4.74 Å². The molecule has 0 heterocycles. The number of sulfonamides is 1. The van der Waals surface area contributed by atoms with Crippen LogP contribution in [0.2, 0.25) is 0 Å². The fraction of sp³-hybridized carbons (Fsp3) is 0.632. The third-order valence-electron chi connectivity index (χ3n) is 5.13. The summed E-state index contributed by atoms with van der Waals surface area (Å²) in [5.74, 6) is 0.104. The largest absolute Gasteiger partial charge is 0.495 e. The lowest BCUT2D eigenvalue weighted by molar-refractivity contribution is -0.121. The lowest BCUT2D eigenvalue weighted by Crippen LogP contribution is -2.47. The second kappa shape index (κ2) is 7.96. The number of hydrogen-bond donors (Lipinski definition) is 1. The molecule has 6 nitrogen and oxygen atoms in total. The van der Waals surface area contributed by atoms with Crippen LogP contribution in [0, 0.1) is 6.92 Å². The zero-order chi connectivity index (χ0) is 18.7. The molecule has 0 spiro atoms. The molecule has 26 heavy (non-hydrogen) atoms. The van der Waals surface area contributed by atoms with Gasteiger partial charge in [-0.25, -0.2) is 8.42 Å². The Morgan fingerprint density at radius 1 is 1.19 bits per heavy atom. The fourth-order valence-electron chi connectivity index (χ4n) is 3.53. The van der Waals surface area contributed by atoms with Gasteiger partial charge in [-0.3, -0.25) is 4.79 Å². The summed E-state index contributed by atoms with van der Waals surface area (Å²) in [6.07, 6.45) is 6.65. The van der Waals surface area contributed by atoms with E-state index in [0.717, 1.165) is 50.5 Å². The highest BCUT2D eigenvalue weighted by molar-refractivity contribution is 7.89. The predicted octanol–water partition coefficient (Wildman–Crippen LogP) is 2.61. The van der Waals surface area contributed by atoms with Gasteiger partial charge in [0.2, 0.25) is 15.9 Å². The van der Waals surface area contributed by atoms with Crippen LogP contribution in [0.3, 0.4) is 0 Å². The van der Waals surface area contributed by atoms with Crippen LogP contribution in [0.15, 0.2) is 23.1 Å². The van der Waals surface area contributed by atoms with Crippen molar-refractivity contribution in [3.05, 3.63) is 23.8 Å². The number of benzene rings is 1.